The quantitative estimate of drug-likeness (QED) is 0.540. The van der Waals surface area contributed by atoms with Crippen LogP contribution in [-0.2, 0) is 0 Å². The maximum absolute atomic E-state index is 12.4. The number of aliphatic hydroxyl groups is 1. The van der Waals surface area contributed by atoms with E-state index in [4.69, 9.17) is 0 Å². The van der Waals surface area contributed by atoms with Gasteiger partial charge in [-0.2, -0.15) is 0 Å². The summed E-state index contributed by atoms with van der Waals surface area (Å²) in [6.45, 7) is 0. The maximum Gasteiger partial charge on any atom is 0.268 e. The normalized spacial score (nSPS) is 15.0. The van der Waals surface area contributed by atoms with Crippen LogP contribution in [-0.4, -0.2) is 37.9 Å². The molecule has 0 radical (unpaired) electrons. The summed E-state index contributed by atoms with van der Waals surface area (Å²) < 4.78 is 3.77. The number of amides is 1. The van der Waals surface area contributed by atoms with E-state index in [1.54, 1.807) is 29.6 Å². The summed E-state index contributed by atoms with van der Waals surface area (Å²) >= 11 is 1.21. The first-order valence-electron chi connectivity index (χ1n) is 7.62. The van der Waals surface area contributed by atoms with Crippen LogP contribution in [0.5, 0.6) is 0 Å². The van der Waals surface area contributed by atoms with Crippen LogP contribution in [0.2, 0.25) is 0 Å². The number of carbonyl (C=O) groups is 3. The number of carbonyl (C=O) groups excluding carboxylic acids is 3. The van der Waals surface area contributed by atoms with Gasteiger partial charge < -0.3 is 10.4 Å². The molecule has 3 aromatic rings. The summed E-state index contributed by atoms with van der Waals surface area (Å²) in [7, 11) is 0. The summed E-state index contributed by atoms with van der Waals surface area (Å²) in [4.78, 5) is 37.3. The summed E-state index contributed by atoms with van der Waals surface area (Å²) in [5.74, 6) is -2.40. The maximum atomic E-state index is 12.4. The van der Waals surface area contributed by atoms with Gasteiger partial charge in [-0.05, 0) is 23.7 Å². The van der Waals surface area contributed by atoms with Crippen LogP contribution in [0.15, 0.2) is 53.9 Å². The third-order valence-corrected chi connectivity index (χ3v) is 4.68. The molecule has 0 spiro atoms. The minimum absolute atomic E-state index is 0.0895. The third kappa shape index (κ3) is 2.43. The molecule has 2 aromatic carbocycles. The monoisotopic (exact) mass is 365 g/mol. The predicted octanol–water partition coefficient (Wildman–Crippen LogP) is 1.70. The fourth-order valence-electron chi connectivity index (χ4n) is 2.80. The fraction of sp³-hybridized carbons (Fsp3) is 0.0556. The largest absolute Gasteiger partial charge is 0.358 e. The van der Waals surface area contributed by atoms with Crippen LogP contribution in [0, 0.1) is 0 Å². The number of hydrogen-bond acceptors (Lipinski definition) is 7. The van der Waals surface area contributed by atoms with E-state index in [-0.39, 0.29) is 16.7 Å². The number of aromatic nitrogens is 2. The van der Waals surface area contributed by atoms with E-state index in [1.165, 1.54) is 35.8 Å². The number of hydrogen-bond donors (Lipinski definition) is 2. The predicted molar refractivity (Wildman–Crippen MR) is 92.9 cm³/mol. The van der Waals surface area contributed by atoms with Gasteiger partial charge in [-0.15, -0.1) is 5.10 Å². The lowest BCUT2D eigenvalue weighted by atomic mass is 10.1. The molecule has 2 N–H and O–H groups in total. The van der Waals surface area contributed by atoms with Crippen LogP contribution in [0.3, 0.4) is 0 Å². The van der Waals surface area contributed by atoms with Crippen molar-refractivity contribution in [1.82, 2.24) is 14.9 Å². The minimum Gasteiger partial charge on any atom is -0.358 e. The smallest absolute Gasteiger partial charge is 0.268 e. The van der Waals surface area contributed by atoms with Crippen molar-refractivity contribution in [2.75, 3.05) is 0 Å². The molecular weight excluding hydrogens is 354 g/mol. The molecule has 7 nitrogen and oxygen atoms in total. The summed E-state index contributed by atoms with van der Waals surface area (Å²) in [5.41, 5.74) is -0.759. The van der Waals surface area contributed by atoms with E-state index < -0.39 is 23.2 Å². The molecule has 0 fully saturated rings. The molecule has 0 saturated heterocycles. The molecule has 0 saturated carbocycles. The Morgan fingerprint density at radius 2 is 1.62 bits per heavy atom. The first kappa shape index (κ1) is 16.2. The summed E-state index contributed by atoms with van der Waals surface area (Å²) in [6.07, 6.45) is 0. The molecule has 1 aromatic heterocycles. The SMILES string of the molecule is O=C(NC1(O)C(=O)c2ccccc2C1=O)c1ccc(-c2csnn2)cc1. The van der Waals surface area contributed by atoms with E-state index >= 15 is 0 Å². The Morgan fingerprint density at radius 1 is 1.00 bits per heavy atom. The summed E-state index contributed by atoms with van der Waals surface area (Å²) in [6, 6.07) is 12.4. The van der Waals surface area contributed by atoms with Gasteiger partial charge in [-0.3, -0.25) is 14.4 Å². The van der Waals surface area contributed by atoms with Crippen LogP contribution >= 0.6 is 11.5 Å². The van der Waals surface area contributed by atoms with Gasteiger partial charge in [0.05, 0.1) is 0 Å². The van der Waals surface area contributed by atoms with Crippen molar-refractivity contribution >= 4 is 29.0 Å². The Morgan fingerprint density at radius 3 is 2.15 bits per heavy atom. The van der Waals surface area contributed by atoms with Gasteiger partial charge in [-0.25, -0.2) is 0 Å². The zero-order valence-electron chi connectivity index (χ0n) is 13.2. The van der Waals surface area contributed by atoms with Gasteiger partial charge in [0.1, 0.15) is 5.69 Å². The number of rotatable bonds is 3. The number of benzene rings is 2. The van der Waals surface area contributed by atoms with Crippen molar-refractivity contribution in [1.29, 1.82) is 0 Å². The highest BCUT2D eigenvalue weighted by atomic mass is 32.1. The Hall–Kier alpha value is -3.23. The lowest BCUT2D eigenvalue weighted by Gasteiger charge is -2.20. The van der Waals surface area contributed by atoms with Crippen LogP contribution in [0.1, 0.15) is 31.1 Å². The Labute approximate surface area is 151 Å². The molecule has 0 aliphatic heterocycles. The van der Waals surface area contributed by atoms with Crippen molar-refractivity contribution in [3.63, 3.8) is 0 Å². The molecule has 8 heteroatoms. The average Bonchev–Trinajstić information content (AvgIpc) is 3.26. The number of nitrogens with one attached hydrogen (secondary N) is 1. The molecule has 1 aliphatic carbocycles. The second-order valence-corrected chi connectivity index (χ2v) is 6.35. The topological polar surface area (TPSA) is 109 Å². The Balaban J connectivity index is 1.59. The highest BCUT2D eigenvalue weighted by Gasteiger charge is 2.53. The lowest BCUT2D eigenvalue weighted by Crippen LogP contribution is -2.56. The third-order valence-electron chi connectivity index (χ3n) is 4.17. The van der Waals surface area contributed by atoms with E-state index in [0.717, 1.165) is 5.56 Å². The van der Waals surface area contributed by atoms with Crippen molar-refractivity contribution in [2.45, 2.75) is 5.72 Å². The molecule has 128 valence electrons. The molecule has 0 unspecified atom stereocenters. The van der Waals surface area contributed by atoms with Crippen molar-refractivity contribution in [3.8, 4) is 11.3 Å². The Kier molecular flexibility index (Phi) is 3.71. The van der Waals surface area contributed by atoms with E-state index in [1.807, 2.05) is 0 Å². The second kappa shape index (κ2) is 5.94. The highest BCUT2D eigenvalue weighted by Crippen LogP contribution is 2.28. The van der Waals surface area contributed by atoms with Crippen LogP contribution in [0.25, 0.3) is 11.3 Å². The number of fused-ring (bicyclic) bond motifs is 1. The van der Waals surface area contributed by atoms with Crippen molar-refractivity contribution in [3.05, 3.63) is 70.6 Å². The number of nitrogens with zero attached hydrogens (tertiary/aromatic N) is 2. The fourth-order valence-corrected chi connectivity index (χ4v) is 3.27. The van der Waals surface area contributed by atoms with Gasteiger partial charge in [0.2, 0.25) is 11.6 Å². The van der Waals surface area contributed by atoms with E-state index in [9.17, 15) is 19.5 Å². The average molecular weight is 365 g/mol. The number of ketones is 2. The molecule has 0 bridgehead atoms. The van der Waals surface area contributed by atoms with Gasteiger partial charge in [0.15, 0.2) is 0 Å². The molecule has 26 heavy (non-hydrogen) atoms. The molecule has 1 amide bonds. The first-order chi connectivity index (χ1) is 12.5. The zero-order valence-corrected chi connectivity index (χ0v) is 14.0. The molecule has 1 heterocycles. The number of Topliss-reactive ketones (excluding diaryl/α,β-unsaturated/α-hetero) is 2. The van der Waals surface area contributed by atoms with E-state index in [0.29, 0.717) is 5.69 Å². The van der Waals surface area contributed by atoms with Crippen LogP contribution in [0.4, 0.5) is 0 Å². The minimum atomic E-state index is -2.59. The van der Waals surface area contributed by atoms with E-state index in [2.05, 4.69) is 14.9 Å². The molecular formula is C18H11N3O4S. The molecule has 1 aliphatic rings. The molecule has 0 atom stereocenters. The second-order valence-electron chi connectivity index (χ2n) is 5.74. The van der Waals surface area contributed by atoms with Gasteiger partial charge in [-0.1, -0.05) is 40.9 Å². The van der Waals surface area contributed by atoms with Crippen molar-refractivity contribution < 1.29 is 19.5 Å². The Bertz CT molecular complexity index is 994. The van der Waals surface area contributed by atoms with Gasteiger partial charge >= 0.3 is 0 Å². The summed E-state index contributed by atoms with van der Waals surface area (Å²) in [5, 5.41) is 18.4. The zero-order chi connectivity index (χ0) is 18.3. The van der Waals surface area contributed by atoms with Crippen molar-refractivity contribution in [2.24, 2.45) is 0 Å². The van der Waals surface area contributed by atoms with Gasteiger partial charge in [0, 0.05) is 27.6 Å². The standard InChI is InChI=1S/C18H11N3O4S/c22-15-12-3-1-2-4-13(12)16(23)18(15,25)19-17(24)11-7-5-10(6-8-11)14-9-26-21-20-14/h1-9,25H,(H,19,24). The first-order valence-corrected chi connectivity index (χ1v) is 8.45. The highest BCUT2D eigenvalue weighted by molar-refractivity contribution is 7.03. The lowest BCUT2D eigenvalue weighted by molar-refractivity contribution is 0.0192. The molecule has 4 rings (SSSR count). The van der Waals surface area contributed by atoms with Gasteiger partial charge in [0.25, 0.3) is 11.6 Å². The van der Waals surface area contributed by atoms with Crippen LogP contribution < -0.4 is 5.32 Å².